The highest BCUT2D eigenvalue weighted by molar-refractivity contribution is 6.04. The minimum absolute atomic E-state index is 0.0474. The van der Waals surface area contributed by atoms with Crippen LogP contribution in [0, 0.1) is 20.8 Å². The van der Waals surface area contributed by atoms with Crippen LogP contribution < -0.4 is 10.7 Å². The van der Waals surface area contributed by atoms with E-state index in [1.807, 2.05) is 19.1 Å². The Morgan fingerprint density at radius 2 is 1.74 bits per heavy atom. The lowest BCUT2D eigenvalue weighted by Gasteiger charge is -2.07. The smallest absolute Gasteiger partial charge is 0.263 e. The van der Waals surface area contributed by atoms with Crippen LogP contribution >= 0.6 is 0 Å². The van der Waals surface area contributed by atoms with Crippen molar-refractivity contribution < 1.29 is 9.21 Å². The van der Waals surface area contributed by atoms with E-state index in [2.05, 4.69) is 5.32 Å². The maximum atomic E-state index is 12.1. The summed E-state index contributed by atoms with van der Waals surface area (Å²) in [5.74, 6) is 0.374. The van der Waals surface area contributed by atoms with Crippen LogP contribution in [0.1, 0.15) is 27.4 Å². The van der Waals surface area contributed by atoms with Gasteiger partial charge in [-0.2, -0.15) is 0 Å². The van der Waals surface area contributed by atoms with E-state index in [4.69, 9.17) is 4.42 Å². The van der Waals surface area contributed by atoms with E-state index in [9.17, 15) is 9.59 Å². The fourth-order valence-electron chi connectivity index (χ4n) is 1.85. The van der Waals surface area contributed by atoms with Crippen molar-refractivity contribution in [3.8, 4) is 0 Å². The molecule has 0 fully saturated rings. The summed E-state index contributed by atoms with van der Waals surface area (Å²) in [4.78, 5) is 23.9. The van der Waals surface area contributed by atoms with Gasteiger partial charge in [-0.15, -0.1) is 0 Å². The number of hydrogen-bond donors (Lipinski definition) is 1. The molecule has 1 heterocycles. The van der Waals surface area contributed by atoms with Gasteiger partial charge in [0.15, 0.2) is 5.43 Å². The second kappa shape index (κ2) is 5.10. The molecular formula is C15H15NO3. The second-order valence-electron chi connectivity index (χ2n) is 4.47. The van der Waals surface area contributed by atoms with E-state index in [0.717, 1.165) is 5.56 Å². The van der Waals surface area contributed by atoms with Gasteiger partial charge in [0, 0.05) is 11.8 Å². The number of carbonyl (C=O) groups is 1. The van der Waals surface area contributed by atoms with Gasteiger partial charge in [0.1, 0.15) is 17.1 Å². The van der Waals surface area contributed by atoms with Crippen LogP contribution in [0.15, 0.2) is 39.5 Å². The molecule has 1 aromatic heterocycles. The first-order chi connectivity index (χ1) is 8.97. The Kier molecular flexibility index (Phi) is 3.51. The zero-order valence-electron chi connectivity index (χ0n) is 11.1. The van der Waals surface area contributed by atoms with E-state index in [1.165, 1.54) is 6.07 Å². The maximum absolute atomic E-state index is 12.1. The highest BCUT2D eigenvalue weighted by atomic mass is 16.3. The lowest BCUT2D eigenvalue weighted by Crippen LogP contribution is -2.22. The number of aryl methyl sites for hydroxylation is 3. The van der Waals surface area contributed by atoms with Crippen molar-refractivity contribution in [1.29, 1.82) is 0 Å². The Balaban J connectivity index is 2.30. The van der Waals surface area contributed by atoms with Gasteiger partial charge in [0.2, 0.25) is 0 Å². The fraction of sp³-hybridized carbons (Fsp3) is 0.200. The van der Waals surface area contributed by atoms with Crippen LogP contribution in [-0.2, 0) is 0 Å². The molecule has 0 spiro atoms. The number of carbonyl (C=O) groups excluding carboxylic acids is 1. The number of anilines is 1. The molecule has 2 aromatic rings. The van der Waals surface area contributed by atoms with Gasteiger partial charge in [-0.1, -0.05) is 17.7 Å². The van der Waals surface area contributed by atoms with E-state index in [0.29, 0.717) is 17.2 Å². The Morgan fingerprint density at radius 1 is 1.11 bits per heavy atom. The number of amides is 1. The molecule has 1 N–H and O–H groups in total. The normalized spacial score (nSPS) is 10.3. The van der Waals surface area contributed by atoms with Gasteiger partial charge in [-0.05, 0) is 32.9 Å². The van der Waals surface area contributed by atoms with Crippen LogP contribution in [-0.4, -0.2) is 5.91 Å². The molecule has 0 unspecified atom stereocenters. The first-order valence-electron chi connectivity index (χ1n) is 5.97. The first-order valence-corrected chi connectivity index (χ1v) is 5.97. The minimum Gasteiger partial charge on any atom is -0.466 e. The minimum atomic E-state index is -0.449. The quantitative estimate of drug-likeness (QED) is 0.899. The second-order valence-corrected chi connectivity index (χ2v) is 4.47. The molecule has 98 valence electrons. The lowest BCUT2D eigenvalue weighted by molar-refractivity contribution is 0.102. The van der Waals surface area contributed by atoms with Gasteiger partial charge in [-0.3, -0.25) is 9.59 Å². The summed E-state index contributed by atoms with van der Waals surface area (Å²) in [6, 6.07) is 8.67. The Bertz CT molecular complexity index is 669. The lowest BCUT2D eigenvalue weighted by atomic mass is 10.1. The van der Waals surface area contributed by atoms with Crippen molar-refractivity contribution >= 4 is 11.6 Å². The van der Waals surface area contributed by atoms with Crippen LogP contribution in [0.3, 0.4) is 0 Å². The molecule has 0 radical (unpaired) electrons. The predicted octanol–water partition coefficient (Wildman–Crippen LogP) is 2.82. The van der Waals surface area contributed by atoms with Crippen LogP contribution in [0.5, 0.6) is 0 Å². The van der Waals surface area contributed by atoms with E-state index in [1.54, 1.807) is 26.0 Å². The average molecular weight is 257 g/mol. The molecule has 0 aliphatic carbocycles. The molecular weight excluding hydrogens is 242 g/mol. The SMILES string of the molecule is Cc1ccc(NC(=O)c2c(C)oc(C)cc2=O)cc1. The third-order valence-electron chi connectivity index (χ3n) is 2.78. The zero-order valence-corrected chi connectivity index (χ0v) is 11.1. The monoisotopic (exact) mass is 257 g/mol. The number of benzene rings is 1. The van der Waals surface area contributed by atoms with E-state index < -0.39 is 5.91 Å². The van der Waals surface area contributed by atoms with Crippen molar-refractivity contribution in [2.45, 2.75) is 20.8 Å². The Labute approximate surface area is 111 Å². The molecule has 2 rings (SSSR count). The van der Waals surface area contributed by atoms with Gasteiger partial charge < -0.3 is 9.73 Å². The summed E-state index contributed by atoms with van der Waals surface area (Å²) in [6.45, 7) is 5.25. The highest BCUT2D eigenvalue weighted by Crippen LogP contribution is 2.12. The maximum Gasteiger partial charge on any atom is 0.263 e. The number of nitrogens with one attached hydrogen (secondary N) is 1. The summed E-state index contributed by atoms with van der Waals surface area (Å²) < 4.78 is 5.31. The predicted molar refractivity (Wildman–Crippen MR) is 73.6 cm³/mol. The number of rotatable bonds is 2. The van der Waals surface area contributed by atoms with Crippen LogP contribution in [0.2, 0.25) is 0 Å². The summed E-state index contributed by atoms with van der Waals surface area (Å²) in [7, 11) is 0. The largest absolute Gasteiger partial charge is 0.466 e. The third-order valence-corrected chi connectivity index (χ3v) is 2.78. The fourth-order valence-corrected chi connectivity index (χ4v) is 1.85. The molecule has 19 heavy (non-hydrogen) atoms. The van der Waals surface area contributed by atoms with Crippen molar-refractivity contribution in [3.63, 3.8) is 0 Å². The highest BCUT2D eigenvalue weighted by Gasteiger charge is 2.15. The average Bonchev–Trinajstić information content (AvgIpc) is 2.30. The summed E-state index contributed by atoms with van der Waals surface area (Å²) in [5, 5.41) is 2.69. The molecule has 0 saturated heterocycles. The molecule has 4 heteroatoms. The van der Waals surface area contributed by atoms with E-state index >= 15 is 0 Å². The van der Waals surface area contributed by atoms with Crippen LogP contribution in [0.25, 0.3) is 0 Å². The molecule has 4 nitrogen and oxygen atoms in total. The molecule has 0 aliphatic rings. The Morgan fingerprint density at radius 3 is 2.32 bits per heavy atom. The van der Waals surface area contributed by atoms with Gasteiger partial charge >= 0.3 is 0 Å². The van der Waals surface area contributed by atoms with Crippen LogP contribution in [0.4, 0.5) is 5.69 Å². The molecule has 1 amide bonds. The summed E-state index contributed by atoms with van der Waals surface area (Å²) in [6.07, 6.45) is 0. The standard InChI is InChI=1S/C15H15NO3/c1-9-4-6-12(7-5-9)16-15(18)14-11(3)19-10(2)8-13(14)17/h4-8H,1-3H3,(H,16,18). The first kappa shape index (κ1) is 13.1. The zero-order chi connectivity index (χ0) is 14.0. The Hall–Kier alpha value is -2.36. The van der Waals surface area contributed by atoms with Crippen molar-refractivity contribution in [2.75, 3.05) is 5.32 Å². The molecule has 0 bridgehead atoms. The van der Waals surface area contributed by atoms with Crippen molar-refractivity contribution in [1.82, 2.24) is 0 Å². The molecule has 0 aliphatic heterocycles. The van der Waals surface area contributed by atoms with Crippen molar-refractivity contribution in [2.24, 2.45) is 0 Å². The van der Waals surface area contributed by atoms with Crippen molar-refractivity contribution in [3.05, 3.63) is 63.2 Å². The topological polar surface area (TPSA) is 59.3 Å². The molecule has 0 saturated carbocycles. The van der Waals surface area contributed by atoms with Gasteiger partial charge in [-0.25, -0.2) is 0 Å². The van der Waals surface area contributed by atoms with Gasteiger partial charge in [0.05, 0.1) is 0 Å². The molecule has 1 aromatic carbocycles. The third kappa shape index (κ3) is 2.91. The number of hydrogen-bond acceptors (Lipinski definition) is 3. The molecule has 0 atom stereocenters. The van der Waals surface area contributed by atoms with E-state index in [-0.39, 0.29) is 11.0 Å². The summed E-state index contributed by atoms with van der Waals surface area (Å²) in [5.41, 5.74) is 1.47. The van der Waals surface area contributed by atoms with Gasteiger partial charge in [0.25, 0.3) is 5.91 Å². The summed E-state index contributed by atoms with van der Waals surface area (Å²) >= 11 is 0.